The quantitative estimate of drug-likeness (QED) is 0.605. The predicted octanol–water partition coefficient (Wildman–Crippen LogP) is 0.673. The van der Waals surface area contributed by atoms with E-state index in [1.165, 1.54) is 6.33 Å². The molecule has 0 radical (unpaired) electrons. The van der Waals surface area contributed by atoms with Crippen molar-refractivity contribution < 1.29 is 23.7 Å². The molecule has 1 aliphatic rings. The SMILES string of the molecule is CC(C)C(NP1(=O)CO[C@@H](Cn2cnc3c(N)ncnc32)CO1)C(=O)O. The smallest absolute Gasteiger partial charge is 0.321 e. The minimum Gasteiger partial charge on any atom is -0.480 e. The lowest BCUT2D eigenvalue weighted by Gasteiger charge is -2.32. The number of imidazole rings is 1. The maximum Gasteiger partial charge on any atom is 0.321 e. The van der Waals surface area contributed by atoms with E-state index in [-0.39, 0.29) is 30.8 Å². The van der Waals surface area contributed by atoms with Gasteiger partial charge in [0, 0.05) is 0 Å². The summed E-state index contributed by atoms with van der Waals surface area (Å²) in [4.78, 5) is 23.5. The lowest BCUT2D eigenvalue weighted by molar-refractivity contribution is -0.140. The number of nitrogens with two attached hydrogens (primary N) is 1. The summed E-state index contributed by atoms with van der Waals surface area (Å²) < 4.78 is 25.5. The number of nitrogens with zero attached hydrogens (tertiary/aromatic N) is 4. The summed E-state index contributed by atoms with van der Waals surface area (Å²) in [5.74, 6) is -1.04. The fraction of sp³-hybridized carbons (Fsp3) is 0.571. The van der Waals surface area contributed by atoms with Crippen molar-refractivity contribution in [2.24, 2.45) is 5.92 Å². The molecule has 0 saturated carbocycles. The van der Waals surface area contributed by atoms with Crippen molar-refractivity contribution in [1.29, 1.82) is 0 Å². The van der Waals surface area contributed by atoms with Gasteiger partial charge in [-0.25, -0.2) is 20.0 Å². The molecule has 3 rings (SSSR count). The maximum atomic E-state index is 12.7. The van der Waals surface area contributed by atoms with Crippen LogP contribution in [0.1, 0.15) is 13.8 Å². The topological polar surface area (TPSA) is 154 Å². The molecule has 0 bridgehead atoms. The fourth-order valence-electron chi connectivity index (χ4n) is 2.63. The second-order valence-corrected chi connectivity index (χ2v) is 8.53. The van der Waals surface area contributed by atoms with Crippen LogP contribution in [-0.4, -0.2) is 55.7 Å². The number of rotatable bonds is 6. The van der Waals surface area contributed by atoms with Crippen LogP contribution in [-0.2, 0) is 25.2 Å². The molecule has 0 spiro atoms. The van der Waals surface area contributed by atoms with E-state index in [9.17, 15) is 14.5 Å². The monoisotopic (exact) mass is 384 g/mol. The summed E-state index contributed by atoms with van der Waals surface area (Å²) in [5.41, 5.74) is 6.82. The molecule has 3 atom stereocenters. The van der Waals surface area contributed by atoms with Gasteiger partial charge in [-0.3, -0.25) is 9.36 Å². The molecular weight excluding hydrogens is 363 g/mol. The maximum absolute atomic E-state index is 12.7. The first kappa shape index (κ1) is 18.7. The van der Waals surface area contributed by atoms with Crippen LogP contribution >= 0.6 is 7.52 Å². The number of aromatic nitrogens is 4. The number of carboxylic acids is 1. The molecule has 0 aliphatic carbocycles. The van der Waals surface area contributed by atoms with E-state index in [1.54, 1.807) is 24.7 Å². The van der Waals surface area contributed by atoms with E-state index in [4.69, 9.17) is 15.0 Å². The molecule has 26 heavy (non-hydrogen) atoms. The first-order valence-electron chi connectivity index (χ1n) is 8.06. The first-order valence-corrected chi connectivity index (χ1v) is 9.87. The Bertz CT molecular complexity index is 843. The molecule has 4 N–H and O–H groups in total. The van der Waals surface area contributed by atoms with Gasteiger partial charge in [-0.2, -0.15) is 0 Å². The van der Waals surface area contributed by atoms with Crippen LogP contribution in [0.4, 0.5) is 5.82 Å². The van der Waals surface area contributed by atoms with Crippen molar-refractivity contribution in [3.8, 4) is 0 Å². The van der Waals surface area contributed by atoms with Gasteiger partial charge < -0.3 is 24.7 Å². The van der Waals surface area contributed by atoms with Crippen LogP contribution in [0.2, 0.25) is 0 Å². The highest BCUT2D eigenvalue weighted by Crippen LogP contribution is 2.46. The third kappa shape index (κ3) is 3.85. The van der Waals surface area contributed by atoms with E-state index in [1.807, 2.05) is 0 Å². The Balaban J connectivity index is 1.64. The lowest BCUT2D eigenvalue weighted by Crippen LogP contribution is -2.42. The van der Waals surface area contributed by atoms with Gasteiger partial charge in [0.05, 0.1) is 19.5 Å². The van der Waals surface area contributed by atoms with Gasteiger partial charge in [0.2, 0.25) is 0 Å². The number of hydrogen-bond acceptors (Lipinski definition) is 8. The van der Waals surface area contributed by atoms with E-state index in [0.29, 0.717) is 17.7 Å². The second-order valence-electron chi connectivity index (χ2n) is 6.40. The van der Waals surface area contributed by atoms with Gasteiger partial charge in [0.1, 0.15) is 30.3 Å². The summed E-state index contributed by atoms with van der Waals surface area (Å²) in [6, 6.07) is -0.974. The second kappa shape index (κ2) is 7.28. The molecule has 2 unspecified atom stereocenters. The third-order valence-electron chi connectivity index (χ3n) is 4.05. The van der Waals surface area contributed by atoms with Gasteiger partial charge >= 0.3 is 5.97 Å². The minimum atomic E-state index is -3.38. The summed E-state index contributed by atoms with van der Waals surface area (Å²) in [7, 11) is -3.38. The van der Waals surface area contributed by atoms with Crippen LogP contribution in [0.5, 0.6) is 0 Å². The zero-order valence-electron chi connectivity index (χ0n) is 14.4. The van der Waals surface area contributed by atoms with Gasteiger partial charge in [-0.05, 0) is 5.92 Å². The fourth-order valence-corrected chi connectivity index (χ4v) is 4.50. The average Bonchev–Trinajstić information content (AvgIpc) is 2.99. The Hall–Kier alpha value is -2.07. The van der Waals surface area contributed by atoms with Crippen LogP contribution in [0.25, 0.3) is 11.2 Å². The largest absolute Gasteiger partial charge is 0.480 e. The van der Waals surface area contributed by atoms with E-state index >= 15 is 0 Å². The minimum absolute atomic E-state index is 0.0505. The van der Waals surface area contributed by atoms with E-state index in [0.717, 1.165) is 0 Å². The van der Waals surface area contributed by atoms with Crippen LogP contribution in [0.3, 0.4) is 0 Å². The molecular formula is C14H21N6O5P. The van der Waals surface area contributed by atoms with Gasteiger partial charge in [0.15, 0.2) is 11.5 Å². The molecule has 1 aliphatic heterocycles. The number of nitrogen functional groups attached to an aromatic ring is 1. The van der Waals surface area contributed by atoms with Crippen LogP contribution in [0.15, 0.2) is 12.7 Å². The molecule has 1 fully saturated rings. The van der Waals surface area contributed by atoms with Crippen molar-refractivity contribution in [3.05, 3.63) is 12.7 Å². The van der Waals surface area contributed by atoms with Gasteiger partial charge in [-0.1, -0.05) is 13.8 Å². The van der Waals surface area contributed by atoms with Crippen molar-refractivity contribution in [1.82, 2.24) is 24.6 Å². The Labute approximate surface area is 149 Å². The number of carboxylic acid groups (broad SMARTS) is 1. The van der Waals surface area contributed by atoms with Gasteiger partial charge in [-0.15, -0.1) is 0 Å². The highest BCUT2D eigenvalue weighted by Gasteiger charge is 2.37. The number of nitrogens with one attached hydrogen (secondary N) is 1. The Morgan fingerprint density at radius 1 is 1.50 bits per heavy atom. The summed E-state index contributed by atoms with van der Waals surface area (Å²) in [5, 5.41) is 11.8. The van der Waals surface area contributed by atoms with E-state index < -0.39 is 19.5 Å². The van der Waals surface area contributed by atoms with Crippen molar-refractivity contribution in [2.45, 2.75) is 32.5 Å². The summed E-state index contributed by atoms with van der Waals surface area (Å²) in [6.07, 6.45) is 2.34. The molecule has 0 amide bonds. The molecule has 11 nitrogen and oxygen atoms in total. The first-order chi connectivity index (χ1) is 12.3. The normalized spacial score (nSPS) is 24.8. The molecule has 1 saturated heterocycles. The molecule has 0 aromatic carbocycles. The number of hydrogen-bond donors (Lipinski definition) is 3. The summed E-state index contributed by atoms with van der Waals surface area (Å²) >= 11 is 0. The number of carbonyl (C=O) groups is 1. The molecule has 12 heteroatoms. The van der Waals surface area contributed by atoms with Crippen molar-refractivity contribution >= 4 is 30.5 Å². The predicted molar refractivity (Wildman–Crippen MR) is 92.4 cm³/mol. The molecule has 3 heterocycles. The molecule has 2 aromatic rings. The molecule has 142 valence electrons. The highest BCUT2D eigenvalue weighted by atomic mass is 31.2. The zero-order chi connectivity index (χ0) is 18.9. The van der Waals surface area contributed by atoms with Crippen LogP contribution < -0.4 is 10.8 Å². The summed E-state index contributed by atoms with van der Waals surface area (Å²) in [6.45, 7) is 3.88. The number of aliphatic carboxylic acids is 1. The van der Waals surface area contributed by atoms with Gasteiger partial charge in [0.25, 0.3) is 7.52 Å². The third-order valence-corrected chi connectivity index (χ3v) is 5.77. The standard InChI is InChI=1S/C14H21N6O5P/c1-8(2)10(14(21)22)19-26(23)7-24-9(4-25-26)3-20-6-18-11-12(15)16-5-17-13(11)20/h5-6,8-10H,3-4,7H2,1-2H3,(H,19,23)(H,21,22)(H2,15,16,17)/t9-,10?,26?/m0/s1. The average molecular weight is 384 g/mol. The lowest BCUT2D eigenvalue weighted by atomic mass is 10.1. The zero-order valence-corrected chi connectivity index (χ0v) is 15.3. The van der Waals surface area contributed by atoms with Crippen molar-refractivity contribution in [3.63, 3.8) is 0 Å². The number of anilines is 1. The van der Waals surface area contributed by atoms with E-state index in [2.05, 4.69) is 20.0 Å². The van der Waals surface area contributed by atoms with Crippen molar-refractivity contribution in [2.75, 3.05) is 18.7 Å². The highest BCUT2D eigenvalue weighted by molar-refractivity contribution is 7.56. The Morgan fingerprint density at radius 2 is 2.27 bits per heavy atom. The molecule has 2 aromatic heterocycles. The Morgan fingerprint density at radius 3 is 2.88 bits per heavy atom. The number of ether oxygens (including phenoxy) is 1. The Kier molecular flexibility index (Phi) is 5.24. The number of fused-ring (bicyclic) bond motifs is 1. The van der Waals surface area contributed by atoms with Crippen LogP contribution in [0, 0.1) is 5.92 Å².